The van der Waals surface area contributed by atoms with Gasteiger partial charge in [-0.25, -0.2) is 0 Å². The van der Waals surface area contributed by atoms with Gasteiger partial charge in [-0.05, 0) is 36.5 Å². The summed E-state index contributed by atoms with van der Waals surface area (Å²) in [5.74, 6) is 0.607. The molecule has 2 nitrogen and oxygen atoms in total. The first-order valence-electron chi connectivity index (χ1n) is 7.13. The maximum atomic E-state index is 11.9. The van der Waals surface area contributed by atoms with Crippen LogP contribution >= 0.6 is 0 Å². The quantitative estimate of drug-likeness (QED) is 0.831. The monoisotopic (exact) mass is 267 g/mol. The zero-order chi connectivity index (χ0) is 14.2. The summed E-state index contributed by atoms with van der Waals surface area (Å²) in [6.07, 6.45) is 2.51. The van der Waals surface area contributed by atoms with E-state index in [1.807, 2.05) is 36.4 Å². The average Bonchev–Trinajstić information content (AvgIpc) is 2.47. The van der Waals surface area contributed by atoms with Crippen molar-refractivity contribution in [2.24, 2.45) is 5.92 Å². The minimum Gasteiger partial charge on any atom is -0.326 e. The lowest BCUT2D eigenvalue weighted by molar-refractivity contribution is -0.116. The van der Waals surface area contributed by atoms with Crippen LogP contribution in [-0.4, -0.2) is 5.91 Å². The van der Waals surface area contributed by atoms with E-state index in [-0.39, 0.29) is 5.91 Å². The number of carbonyl (C=O) groups is 1. The third-order valence-electron chi connectivity index (χ3n) is 3.35. The fourth-order valence-electron chi connectivity index (χ4n) is 2.24. The number of para-hydroxylation sites is 1. The van der Waals surface area contributed by atoms with Crippen molar-refractivity contribution in [1.29, 1.82) is 0 Å². The van der Waals surface area contributed by atoms with E-state index < -0.39 is 0 Å². The summed E-state index contributed by atoms with van der Waals surface area (Å²) in [4.78, 5) is 11.9. The maximum absolute atomic E-state index is 11.9. The van der Waals surface area contributed by atoms with Gasteiger partial charge in [0.25, 0.3) is 0 Å². The first-order chi connectivity index (χ1) is 9.74. The van der Waals surface area contributed by atoms with Crippen LogP contribution in [-0.2, 0) is 11.2 Å². The highest BCUT2D eigenvalue weighted by Crippen LogP contribution is 2.14. The molecule has 0 aliphatic carbocycles. The van der Waals surface area contributed by atoms with Crippen molar-refractivity contribution < 1.29 is 4.79 Å². The van der Waals surface area contributed by atoms with Gasteiger partial charge >= 0.3 is 0 Å². The van der Waals surface area contributed by atoms with Crippen LogP contribution in [0.5, 0.6) is 0 Å². The predicted molar refractivity (Wildman–Crippen MR) is 83.6 cm³/mol. The van der Waals surface area contributed by atoms with Crippen molar-refractivity contribution in [2.75, 3.05) is 5.32 Å². The average molecular weight is 267 g/mol. The number of rotatable bonds is 6. The third-order valence-corrected chi connectivity index (χ3v) is 3.35. The van der Waals surface area contributed by atoms with Crippen LogP contribution in [0.4, 0.5) is 5.69 Å². The van der Waals surface area contributed by atoms with Crippen LogP contribution in [0.3, 0.4) is 0 Å². The molecule has 1 atom stereocenters. The molecule has 2 rings (SSSR count). The fourth-order valence-corrected chi connectivity index (χ4v) is 2.24. The van der Waals surface area contributed by atoms with E-state index in [4.69, 9.17) is 0 Å². The first-order valence-corrected chi connectivity index (χ1v) is 7.13. The second kappa shape index (κ2) is 7.49. The number of hydrogen-bond acceptors (Lipinski definition) is 1. The van der Waals surface area contributed by atoms with Crippen molar-refractivity contribution in [1.82, 2.24) is 0 Å². The molecular weight excluding hydrogens is 246 g/mol. The lowest BCUT2D eigenvalue weighted by Crippen LogP contribution is -2.13. The molecule has 1 amide bonds. The Bertz CT molecular complexity index is 522. The van der Waals surface area contributed by atoms with Crippen LogP contribution in [0.2, 0.25) is 0 Å². The Labute approximate surface area is 120 Å². The highest BCUT2D eigenvalue weighted by molar-refractivity contribution is 5.90. The van der Waals surface area contributed by atoms with E-state index in [1.165, 1.54) is 5.56 Å². The summed E-state index contributed by atoms with van der Waals surface area (Å²) in [5.41, 5.74) is 2.21. The van der Waals surface area contributed by atoms with Crippen molar-refractivity contribution in [3.05, 3.63) is 66.2 Å². The molecule has 0 radical (unpaired) electrons. The summed E-state index contributed by atoms with van der Waals surface area (Å²) in [6.45, 7) is 2.20. The van der Waals surface area contributed by atoms with Gasteiger partial charge in [0.1, 0.15) is 0 Å². The van der Waals surface area contributed by atoms with Gasteiger partial charge in [0.2, 0.25) is 5.91 Å². The van der Waals surface area contributed by atoms with E-state index in [9.17, 15) is 4.79 Å². The van der Waals surface area contributed by atoms with Gasteiger partial charge in [-0.15, -0.1) is 0 Å². The van der Waals surface area contributed by atoms with E-state index in [0.29, 0.717) is 12.3 Å². The van der Waals surface area contributed by atoms with Crippen LogP contribution in [0, 0.1) is 5.92 Å². The number of nitrogens with one attached hydrogen (secondary N) is 1. The lowest BCUT2D eigenvalue weighted by Gasteiger charge is -2.11. The van der Waals surface area contributed by atoms with Gasteiger partial charge < -0.3 is 5.32 Å². The largest absolute Gasteiger partial charge is 0.326 e. The molecule has 20 heavy (non-hydrogen) atoms. The fraction of sp³-hybridized carbons (Fsp3) is 0.278. The SMILES string of the molecule is CC(CCC(=O)Nc1ccccc1)Cc1ccccc1. The summed E-state index contributed by atoms with van der Waals surface area (Å²) in [5, 5.41) is 2.92. The number of benzene rings is 2. The van der Waals surface area contributed by atoms with Gasteiger partial charge in [-0.2, -0.15) is 0 Å². The van der Waals surface area contributed by atoms with E-state index in [0.717, 1.165) is 18.5 Å². The molecule has 0 fully saturated rings. The smallest absolute Gasteiger partial charge is 0.224 e. The van der Waals surface area contributed by atoms with Crippen LogP contribution in [0.15, 0.2) is 60.7 Å². The van der Waals surface area contributed by atoms with E-state index in [2.05, 4.69) is 36.5 Å². The molecule has 0 spiro atoms. The normalized spacial score (nSPS) is 11.8. The maximum Gasteiger partial charge on any atom is 0.224 e. The minimum atomic E-state index is 0.0936. The van der Waals surface area contributed by atoms with Crippen LogP contribution in [0.1, 0.15) is 25.3 Å². The number of anilines is 1. The summed E-state index contributed by atoms with van der Waals surface area (Å²) >= 11 is 0. The molecule has 2 aromatic rings. The Morgan fingerprint density at radius 2 is 1.60 bits per heavy atom. The number of amides is 1. The standard InChI is InChI=1S/C18H21NO/c1-15(14-16-8-4-2-5-9-16)12-13-18(20)19-17-10-6-3-7-11-17/h2-11,15H,12-14H2,1H3,(H,19,20). The molecule has 1 unspecified atom stereocenters. The third kappa shape index (κ3) is 4.88. The predicted octanol–water partition coefficient (Wildman–Crippen LogP) is 4.28. The summed E-state index contributed by atoms with van der Waals surface area (Å²) in [7, 11) is 0. The van der Waals surface area contributed by atoms with E-state index in [1.54, 1.807) is 0 Å². The molecule has 0 aliphatic heterocycles. The number of carbonyl (C=O) groups excluding carboxylic acids is 1. The van der Waals surface area contributed by atoms with E-state index >= 15 is 0 Å². The molecule has 104 valence electrons. The molecule has 1 N–H and O–H groups in total. The van der Waals surface area contributed by atoms with Crippen molar-refractivity contribution in [2.45, 2.75) is 26.2 Å². The van der Waals surface area contributed by atoms with Gasteiger partial charge in [0, 0.05) is 12.1 Å². The first kappa shape index (κ1) is 14.3. The summed E-state index contributed by atoms with van der Waals surface area (Å²) in [6, 6.07) is 20.0. The van der Waals surface area contributed by atoms with Gasteiger partial charge in [0.05, 0.1) is 0 Å². The lowest BCUT2D eigenvalue weighted by atomic mass is 9.96. The summed E-state index contributed by atoms with van der Waals surface area (Å²) < 4.78 is 0. The zero-order valence-electron chi connectivity index (χ0n) is 11.9. The molecular formula is C18H21NO. The molecule has 0 heterocycles. The van der Waals surface area contributed by atoms with Crippen LogP contribution in [0.25, 0.3) is 0 Å². The highest BCUT2D eigenvalue weighted by Gasteiger charge is 2.07. The Morgan fingerprint density at radius 1 is 1.00 bits per heavy atom. The molecule has 0 saturated carbocycles. The van der Waals surface area contributed by atoms with Crippen molar-refractivity contribution in [3.8, 4) is 0 Å². The highest BCUT2D eigenvalue weighted by atomic mass is 16.1. The molecule has 2 aromatic carbocycles. The molecule has 0 aromatic heterocycles. The Kier molecular flexibility index (Phi) is 5.36. The zero-order valence-corrected chi connectivity index (χ0v) is 11.9. The topological polar surface area (TPSA) is 29.1 Å². The Balaban J connectivity index is 1.73. The van der Waals surface area contributed by atoms with Crippen molar-refractivity contribution >= 4 is 11.6 Å². The Hall–Kier alpha value is -2.09. The molecule has 2 heteroatoms. The minimum absolute atomic E-state index is 0.0936. The second-order valence-corrected chi connectivity index (χ2v) is 5.25. The molecule has 0 aliphatic rings. The van der Waals surface area contributed by atoms with Gasteiger partial charge in [-0.3, -0.25) is 4.79 Å². The molecule has 0 saturated heterocycles. The second-order valence-electron chi connectivity index (χ2n) is 5.25. The Morgan fingerprint density at radius 3 is 2.25 bits per heavy atom. The van der Waals surface area contributed by atoms with Gasteiger partial charge in [0.15, 0.2) is 0 Å². The van der Waals surface area contributed by atoms with Gasteiger partial charge in [-0.1, -0.05) is 55.5 Å². The number of hydrogen-bond donors (Lipinski definition) is 1. The van der Waals surface area contributed by atoms with Crippen LogP contribution < -0.4 is 5.32 Å². The van der Waals surface area contributed by atoms with Crippen molar-refractivity contribution in [3.63, 3.8) is 0 Å². The molecule has 0 bridgehead atoms.